The molecule has 29 heavy (non-hydrogen) atoms. The number of hydrogen-bond donors (Lipinski definition) is 1. The summed E-state index contributed by atoms with van der Waals surface area (Å²) in [6, 6.07) is 7.93. The van der Waals surface area contributed by atoms with E-state index in [0.717, 1.165) is 55.5 Å². The summed E-state index contributed by atoms with van der Waals surface area (Å²) >= 11 is 5.95. The molecule has 5 fully saturated rings. The maximum Gasteiger partial charge on any atom is 0.242 e. The lowest BCUT2D eigenvalue weighted by molar-refractivity contribution is -0.135. The van der Waals surface area contributed by atoms with Crippen LogP contribution in [0, 0.1) is 23.2 Å². The molecular formula is C23H30ClN3O2. The van der Waals surface area contributed by atoms with E-state index >= 15 is 0 Å². The van der Waals surface area contributed by atoms with Gasteiger partial charge < -0.3 is 10.2 Å². The molecule has 4 saturated carbocycles. The lowest BCUT2D eigenvalue weighted by Gasteiger charge is -2.35. The Morgan fingerprint density at radius 3 is 2.28 bits per heavy atom. The molecule has 6 rings (SSSR count). The van der Waals surface area contributed by atoms with Crippen LogP contribution in [0.3, 0.4) is 0 Å². The van der Waals surface area contributed by atoms with Crippen LogP contribution in [0.15, 0.2) is 24.3 Å². The van der Waals surface area contributed by atoms with Crippen LogP contribution < -0.4 is 5.32 Å². The fourth-order valence-electron chi connectivity index (χ4n) is 6.63. The molecule has 1 aromatic carbocycles. The number of carbonyl (C=O) groups is 2. The van der Waals surface area contributed by atoms with Crippen molar-refractivity contribution in [3.05, 3.63) is 34.9 Å². The lowest BCUT2D eigenvalue weighted by atomic mass is 9.78. The van der Waals surface area contributed by atoms with Crippen molar-refractivity contribution >= 4 is 23.4 Å². The average Bonchev–Trinajstić information content (AvgIpc) is 3.43. The van der Waals surface area contributed by atoms with Gasteiger partial charge in [-0.25, -0.2) is 0 Å². The van der Waals surface area contributed by atoms with Crippen LogP contribution in [0.1, 0.15) is 37.7 Å². The SMILES string of the molecule is O=C(CC12CC3CC1CC3C2)NCC(=O)N1CCN(Cc2ccc(Cl)cc2)CC1. The Labute approximate surface area is 177 Å². The highest BCUT2D eigenvalue weighted by Crippen LogP contribution is 2.71. The van der Waals surface area contributed by atoms with Crippen molar-refractivity contribution in [3.8, 4) is 0 Å². The smallest absolute Gasteiger partial charge is 0.242 e. The molecule has 0 aromatic heterocycles. The number of nitrogens with zero attached hydrogens (tertiary/aromatic N) is 2. The van der Waals surface area contributed by atoms with Crippen LogP contribution in [0.5, 0.6) is 0 Å². The van der Waals surface area contributed by atoms with Gasteiger partial charge in [-0.05, 0) is 66.5 Å². The third-order valence-corrected chi connectivity index (χ3v) is 8.29. The number of rotatable bonds is 6. The summed E-state index contributed by atoms with van der Waals surface area (Å²) in [7, 11) is 0. The highest BCUT2D eigenvalue weighted by molar-refractivity contribution is 6.30. The second kappa shape index (κ2) is 7.59. The van der Waals surface area contributed by atoms with E-state index in [1.165, 1.54) is 31.2 Å². The first kappa shape index (κ1) is 19.4. The van der Waals surface area contributed by atoms with Crippen molar-refractivity contribution < 1.29 is 9.59 Å². The van der Waals surface area contributed by atoms with E-state index < -0.39 is 0 Å². The van der Waals surface area contributed by atoms with Gasteiger partial charge in [-0.1, -0.05) is 23.7 Å². The maximum atomic E-state index is 12.6. The molecule has 5 aliphatic rings. The summed E-state index contributed by atoms with van der Waals surface area (Å²) in [5, 5.41) is 3.68. The van der Waals surface area contributed by atoms with Gasteiger partial charge in [0.1, 0.15) is 0 Å². The van der Waals surface area contributed by atoms with Gasteiger partial charge in [0.2, 0.25) is 11.8 Å². The molecule has 6 heteroatoms. The predicted octanol–water partition coefficient (Wildman–Crippen LogP) is 2.93. The molecule has 2 unspecified atom stereocenters. The maximum absolute atomic E-state index is 12.6. The third kappa shape index (κ3) is 3.79. The topological polar surface area (TPSA) is 52.7 Å². The standard InChI is InChI=1S/C23H30ClN3O2/c24-20-3-1-16(2-4-20)15-26-5-7-27(8-6-26)22(29)14-25-21(28)13-23-11-17-9-19(23)10-18(17)12-23/h1-4,17-19H,5-15H2,(H,25,28). The van der Waals surface area contributed by atoms with Crippen LogP contribution in [-0.4, -0.2) is 54.3 Å². The highest BCUT2D eigenvalue weighted by atomic mass is 35.5. The molecule has 4 aliphatic carbocycles. The van der Waals surface area contributed by atoms with Crippen molar-refractivity contribution in [2.45, 2.75) is 38.6 Å². The highest BCUT2D eigenvalue weighted by Gasteiger charge is 2.63. The van der Waals surface area contributed by atoms with E-state index in [-0.39, 0.29) is 23.8 Å². The van der Waals surface area contributed by atoms with E-state index in [0.29, 0.717) is 6.42 Å². The minimum atomic E-state index is 0.0435. The Morgan fingerprint density at radius 1 is 1.03 bits per heavy atom. The summed E-state index contributed by atoms with van der Waals surface area (Å²) in [6.45, 7) is 4.17. The van der Waals surface area contributed by atoms with Crippen LogP contribution in [0.25, 0.3) is 0 Å². The second-order valence-corrected chi connectivity index (χ2v) is 10.1. The normalized spacial score (nSPS) is 32.9. The Bertz CT molecular complexity index is 774. The molecular weight excluding hydrogens is 386 g/mol. The number of halogens is 1. The molecule has 1 N–H and O–H groups in total. The molecule has 2 amide bonds. The first-order valence-electron chi connectivity index (χ1n) is 11.0. The molecule has 1 aliphatic heterocycles. The molecule has 1 aromatic rings. The molecule has 2 atom stereocenters. The van der Waals surface area contributed by atoms with Crippen molar-refractivity contribution in [3.63, 3.8) is 0 Å². The van der Waals surface area contributed by atoms with Crippen molar-refractivity contribution in [1.29, 1.82) is 0 Å². The Balaban J connectivity index is 1.04. The van der Waals surface area contributed by atoms with Crippen LogP contribution in [-0.2, 0) is 16.1 Å². The van der Waals surface area contributed by atoms with Crippen molar-refractivity contribution in [1.82, 2.24) is 15.1 Å². The first-order valence-corrected chi connectivity index (χ1v) is 11.4. The van der Waals surface area contributed by atoms with Gasteiger partial charge in [0.25, 0.3) is 0 Å². The van der Waals surface area contributed by atoms with Gasteiger partial charge in [0.15, 0.2) is 0 Å². The summed E-state index contributed by atoms with van der Waals surface area (Å²) in [5.74, 6) is 2.67. The van der Waals surface area contributed by atoms with Crippen LogP contribution in [0.4, 0.5) is 0 Å². The summed E-state index contributed by atoms with van der Waals surface area (Å²) in [4.78, 5) is 29.3. The number of hydrogen-bond acceptors (Lipinski definition) is 3. The van der Waals surface area contributed by atoms with E-state index in [1.54, 1.807) is 0 Å². The van der Waals surface area contributed by atoms with Crippen LogP contribution >= 0.6 is 11.6 Å². The van der Waals surface area contributed by atoms with Gasteiger partial charge in [-0.3, -0.25) is 14.5 Å². The minimum absolute atomic E-state index is 0.0435. The van der Waals surface area contributed by atoms with Gasteiger partial charge in [0, 0.05) is 44.2 Å². The summed E-state index contributed by atoms with van der Waals surface area (Å²) in [5.41, 5.74) is 1.51. The second-order valence-electron chi connectivity index (χ2n) is 9.70. The summed E-state index contributed by atoms with van der Waals surface area (Å²) < 4.78 is 0. The molecule has 0 spiro atoms. The number of carbonyl (C=O) groups excluding carboxylic acids is 2. The number of benzene rings is 1. The number of amides is 2. The first-order chi connectivity index (χ1) is 14.0. The number of nitrogens with one attached hydrogen (secondary N) is 1. The predicted molar refractivity (Wildman–Crippen MR) is 112 cm³/mol. The van der Waals surface area contributed by atoms with Crippen LogP contribution in [0.2, 0.25) is 5.02 Å². The minimum Gasteiger partial charge on any atom is -0.347 e. The van der Waals surface area contributed by atoms with Gasteiger partial charge in [-0.2, -0.15) is 0 Å². The van der Waals surface area contributed by atoms with Gasteiger partial charge >= 0.3 is 0 Å². The zero-order valence-electron chi connectivity index (χ0n) is 16.9. The fraction of sp³-hybridized carbons (Fsp3) is 0.652. The molecule has 1 heterocycles. The zero-order chi connectivity index (χ0) is 20.0. The third-order valence-electron chi connectivity index (χ3n) is 8.04. The molecule has 0 radical (unpaired) electrons. The van der Waals surface area contributed by atoms with Gasteiger partial charge in [-0.15, -0.1) is 0 Å². The molecule has 5 nitrogen and oxygen atoms in total. The van der Waals surface area contributed by atoms with Crippen molar-refractivity contribution in [2.24, 2.45) is 23.2 Å². The quantitative estimate of drug-likeness (QED) is 0.777. The van der Waals surface area contributed by atoms with E-state index in [1.807, 2.05) is 17.0 Å². The summed E-state index contributed by atoms with van der Waals surface area (Å²) in [6.07, 6.45) is 5.82. The number of piperazine rings is 1. The van der Waals surface area contributed by atoms with E-state index in [4.69, 9.17) is 11.6 Å². The Morgan fingerprint density at radius 2 is 1.69 bits per heavy atom. The Hall–Kier alpha value is -1.59. The molecule has 1 saturated heterocycles. The van der Waals surface area contributed by atoms with E-state index in [2.05, 4.69) is 22.3 Å². The average molecular weight is 416 g/mol. The lowest BCUT2D eigenvalue weighted by Crippen LogP contribution is -2.51. The largest absolute Gasteiger partial charge is 0.347 e. The van der Waals surface area contributed by atoms with E-state index in [9.17, 15) is 9.59 Å². The monoisotopic (exact) mass is 415 g/mol. The molecule has 4 bridgehead atoms. The van der Waals surface area contributed by atoms with Gasteiger partial charge in [0.05, 0.1) is 6.54 Å². The Kier molecular flexibility index (Phi) is 5.07. The fourth-order valence-corrected chi connectivity index (χ4v) is 6.76. The van der Waals surface area contributed by atoms with Crippen molar-refractivity contribution in [2.75, 3.05) is 32.7 Å². The molecule has 156 valence electrons. The zero-order valence-corrected chi connectivity index (χ0v) is 17.7.